The van der Waals surface area contributed by atoms with E-state index in [4.69, 9.17) is 5.73 Å². The fourth-order valence-corrected chi connectivity index (χ4v) is 4.00. The second kappa shape index (κ2) is 6.40. The molecule has 114 valence electrons. The van der Waals surface area contributed by atoms with Gasteiger partial charge < -0.3 is 16.4 Å². The van der Waals surface area contributed by atoms with Crippen molar-refractivity contribution in [3.63, 3.8) is 0 Å². The molecule has 0 saturated heterocycles. The molecule has 0 aliphatic heterocycles. The number of hydrogen-bond acceptors (Lipinski definition) is 6. The van der Waals surface area contributed by atoms with Gasteiger partial charge in [0.2, 0.25) is 0 Å². The molecule has 2 aromatic heterocycles. The number of thiophene rings is 1. The second-order valence-corrected chi connectivity index (χ2v) is 6.39. The maximum Gasteiger partial charge on any atom is 0.263 e. The first-order chi connectivity index (χ1) is 9.97. The van der Waals surface area contributed by atoms with Crippen molar-refractivity contribution in [2.24, 2.45) is 7.05 Å². The average Bonchev–Trinajstić information content (AvgIpc) is 2.94. The topological polar surface area (TPSA) is 85.0 Å². The molecule has 6 nitrogen and oxygen atoms in total. The molecule has 4 N–H and O–H groups in total. The number of carbonyl (C=O) groups is 1. The van der Waals surface area contributed by atoms with Gasteiger partial charge in [0.15, 0.2) is 0 Å². The fraction of sp³-hybridized carbons (Fsp3) is 0.385. The zero-order valence-corrected chi connectivity index (χ0v) is 14.1. The number of rotatable bonds is 5. The molecular weight excluding hydrogens is 306 g/mol. The normalized spacial score (nSPS) is 10.7. The molecule has 0 radical (unpaired) electrons. The molecule has 8 heteroatoms. The summed E-state index contributed by atoms with van der Waals surface area (Å²) in [6.45, 7) is 2.63. The Hall–Kier alpha value is -1.67. The van der Waals surface area contributed by atoms with Gasteiger partial charge in [-0.15, -0.1) is 23.1 Å². The fourth-order valence-electron chi connectivity index (χ4n) is 2.03. The summed E-state index contributed by atoms with van der Waals surface area (Å²) in [6, 6.07) is 0. The van der Waals surface area contributed by atoms with Crippen molar-refractivity contribution in [1.29, 1.82) is 0 Å². The number of carbonyl (C=O) groups excluding carboxylic acids is 1. The first-order valence-corrected chi connectivity index (χ1v) is 8.43. The van der Waals surface area contributed by atoms with E-state index in [1.165, 1.54) is 23.1 Å². The van der Waals surface area contributed by atoms with Gasteiger partial charge in [-0.2, -0.15) is 5.10 Å². The number of anilines is 2. The van der Waals surface area contributed by atoms with Crippen LogP contribution in [0.1, 0.15) is 20.9 Å². The van der Waals surface area contributed by atoms with E-state index in [-0.39, 0.29) is 5.91 Å². The van der Waals surface area contributed by atoms with Gasteiger partial charge in [-0.05, 0) is 13.2 Å². The van der Waals surface area contributed by atoms with Crippen LogP contribution in [0.5, 0.6) is 0 Å². The zero-order chi connectivity index (χ0) is 15.6. The molecule has 21 heavy (non-hydrogen) atoms. The number of aryl methyl sites for hydroxylation is 2. The Morgan fingerprint density at radius 3 is 2.81 bits per heavy atom. The van der Waals surface area contributed by atoms with E-state index in [1.54, 1.807) is 11.7 Å². The molecule has 2 heterocycles. The SMILES string of the molecule is CNC(=O)c1sc(NCc2cn(C)nc2C)c(SC)c1N. The summed E-state index contributed by atoms with van der Waals surface area (Å²) in [4.78, 5) is 13.3. The van der Waals surface area contributed by atoms with E-state index < -0.39 is 0 Å². The molecule has 0 fully saturated rings. The lowest BCUT2D eigenvalue weighted by Gasteiger charge is -2.05. The van der Waals surface area contributed by atoms with Crippen LogP contribution in [0.15, 0.2) is 11.1 Å². The molecule has 0 atom stereocenters. The second-order valence-electron chi connectivity index (χ2n) is 4.55. The van der Waals surface area contributed by atoms with Crippen molar-refractivity contribution in [2.75, 3.05) is 24.4 Å². The minimum absolute atomic E-state index is 0.154. The van der Waals surface area contributed by atoms with Crippen LogP contribution < -0.4 is 16.4 Å². The third-order valence-electron chi connectivity index (χ3n) is 3.09. The number of amides is 1. The van der Waals surface area contributed by atoms with Gasteiger partial charge in [0, 0.05) is 32.4 Å². The third kappa shape index (κ3) is 3.16. The Labute approximate surface area is 132 Å². The predicted molar refractivity (Wildman–Crippen MR) is 89.2 cm³/mol. The van der Waals surface area contributed by atoms with Crippen LogP contribution in [0, 0.1) is 6.92 Å². The molecule has 0 aliphatic rings. The molecule has 0 unspecified atom stereocenters. The molecule has 2 rings (SSSR count). The lowest BCUT2D eigenvalue weighted by Crippen LogP contribution is -2.17. The number of nitrogens with zero attached hydrogens (tertiary/aromatic N) is 2. The van der Waals surface area contributed by atoms with Gasteiger partial charge in [-0.3, -0.25) is 9.48 Å². The van der Waals surface area contributed by atoms with Gasteiger partial charge in [-0.25, -0.2) is 0 Å². The highest BCUT2D eigenvalue weighted by atomic mass is 32.2. The molecule has 2 aromatic rings. The van der Waals surface area contributed by atoms with E-state index in [2.05, 4.69) is 15.7 Å². The van der Waals surface area contributed by atoms with Gasteiger partial charge >= 0.3 is 0 Å². The van der Waals surface area contributed by atoms with Crippen molar-refractivity contribution in [1.82, 2.24) is 15.1 Å². The smallest absolute Gasteiger partial charge is 0.263 e. The molecule has 1 amide bonds. The van der Waals surface area contributed by atoms with E-state index in [0.29, 0.717) is 17.1 Å². The van der Waals surface area contributed by atoms with Gasteiger partial charge in [0.25, 0.3) is 5.91 Å². The van der Waals surface area contributed by atoms with E-state index in [9.17, 15) is 4.79 Å². The lowest BCUT2D eigenvalue weighted by molar-refractivity contribution is 0.0968. The number of thioether (sulfide) groups is 1. The Balaban J connectivity index is 2.23. The van der Waals surface area contributed by atoms with Crippen molar-refractivity contribution in [3.05, 3.63) is 22.3 Å². The summed E-state index contributed by atoms with van der Waals surface area (Å²) >= 11 is 2.92. The molecule has 0 aromatic carbocycles. The van der Waals surface area contributed by atoms with Crippen LogP contribution in [0.25, 0.3) is 0 Å². The zero-order valence-electron chi connectivity index (χ0n) is 12.5. The quantitative estimate of drug-likeness (QED) is 0.733. The van der Waals surface area contributed by atoms with Crippen LogP contribution >= 0.6 is 23.1 Å². The highest BCUT2D eigenvalue weighted by molar-refractivity contribution is 7.99. The number of nitrogen functional groups attached to an aromatic ring is 1. The maximum absolute atomic E-state index is 11.8. The van der Waals surface area contributed by atoms with Crippen LogP contribution in [0.2, 0.25) is 0 Å². The van der Waals surface area contributed by atoms with E-state index >= 15 is 0 Å². The van der Waals surface area contributed by atoms with Gasteiger partial charge in [0.1, 0.15) is 9.88 Å². The van der Waals surface area contributed by atoms with Gasteiger partial charge in [-0.1, -0.05) is 0 Å². The van der Waals surface area contributed by atoms with Crippen LogP contribution in [-0.4, -0.2) is 29.0 Å². The van der Waals surface area contributed by atoms with Crippen molar-refractivity contribution in [2.45, 2.75) is 18.4 Å². The highest BCUT2D eigenvalue weighted by Crippen LogP contribution is 2.41. The molecule has 0 bridgehead atoms. The Kier molecular flexibility index (Phi) is 4.79. The first-order valence-electron chi connectivity index (χ1n) is 6.39. The number of hydrogen-bond donors (Lipinski definition) is 3. The van der Waals surface area contributed by atoms with Crippen LogP contribution in [0.3, 0.4) is 0 Å². The van der Waals surface area contributed by atoms with Gasteiger partial charge in [0.05, 0.1) is 16.3 Å². The first kappa shape index (κ1) is 15.7. The number of aromatic nitrogens is 2. The minimum atomic E-state index is -0.154. The minimum Gasteiger partial charge on any atom is -0.396 e. The Morgan fingerprint density at radius 2 is 2.29 bits per heavy atom. The van der Waals surface area contributed by atoms with Crippen LogP contribution in [0.4, 0.5) is 10.7 Å². The molecule has 0 spiro atoms. The third-order valence-corrected chi connectivity index (χ3v) is 5.22. The summed E-state index contributed by atoms with van der Waals surface area (Å²) in [5, 5.41) is 11.2. The van der Waals surface area contributed by atoms with E-state index in [1.807, 2.05) is 26.4 Å². The van der Waals surface area contributed by atoms with Crippen molar-refractivity contribution < 1.29 is 4.79 Å². The van der Waals surface area contributed by atoms with Crippen LogP contribution in [-0.2, 0) is 13.6 Å². The molecule has 0 saturated carbocycles. The Bertz CT molecular complexity index is 662. The molecule has 0 aliphatic carbocycles. The lowest BCUT2D eigenvalue weighted by atomic mass is 10.2. The number of nitrogens with one attached hydrogen (secondary N) is 2. The highest BCUT2D eigenvalue weighted by Gasteiger charge is 2.20. The average molecular weight is 325 g/mol. The van der Waals surface area contributed by atoms with Crippen molar-refractivity contribution in [3.8, 4) is 0 Å². The summed E-state index contributed by atoms with van der Waals surface area (Å²) in [5.74, 6) is -0.154. The maximum atomic E-state index is 11.8. The standard InChI is InChI=1S/C13H19N5OS2/c1-7-8(6-18(3)17-7)5-16-13-11(20-4)9(14)10(21-13)12(19)15-2/h6,16H,5,14H2,1-4H3,(H,15,19). The monoisotopic (exact) mass is 325 g/mol. The Morgan fingerprint density at radius 1 is 1.57 bits per heavy atom. The largest absolute Gasteiger partial charge is 0.396 e. The summed E-state index contributed by atoms with van der Waals surface area (Å²) < 4.78 is 1.79. The summed E-state index contributed by atoms with van der Waals surface area (Å²) in [5.41, 5.74) is 8.72. The number of nitrogens with two attached hydrogens (primary N) is 1. The van der Waals surface area contributed by atoms with Crippen molar-refractivity contribution >= 4 is 39.7 Å². The van der Waals surface area contributed by atoms with E-state index in [0.717, 1.165) is 21.2 Å². The summed E-state index contributed by atoms with van der Waals surface area (Å²) in [7, 11) is 3.50. The molecular formula is C13H19N5OS2. The summed E-state index contributed by atoms with van der Waals surface area (Å²) in [6.07, 6.45) is 3.93. The predicted octanol–water partition coefficient (Wildman–Crippen LogP) is 2.07.